The molecule has 0 aromatic carbocycles. The van der Waals surface area contributed by atoms with E-state index >= 15 is 0 Å². The van der Waals surface area contributed by atoms with Gasteiger partial charge in [0.25, 0.3) is 5.91 Å². The van der Waals surface area contributed by atoms with Gasteiger partial charge in [0, 0.05) is 11.3 Å². The van der Waals surface area contributed by atoms with E-state index in [4.69, 9.17) is 5.11 Å². The van der Waals surface area contributed by atoms with Crippen molar-refractivity contribution in [2.45, 2.75) is 24.5 Å². The van der Waals surface area contributed by atoms with Crippen LogP contribution in [0.4, 0.5) is 4.79 Å². The van der Waals surface area contributed by atoms with Crippen molar-refractivity contribution < 1.29 is 24.2 Å². The molecule has 1 fully saturated rings. The largest absolute Gasteiger partial charge is 0.480 e. The molecule has 1 aliphatic heterocycles. The predicted octanol–water partition coefficient (Wildman–Crippen LogP) is 0.199. The van der Waals surface area contributed by atoms with Crippen LogP contribution in [0.25, 0.3) is 0 Å². The summed E-state index contributed by atoms with van der Waals surface area (Å²) in [5.74, 6) is -0.742. The molecule has 3 amide bonds. The number of nitrogens with one attached hydrogen (secondary N) is 2. The van der Waals surface area contributed by atoms with Gasteiger partial charge in [0.1, 0.15) is 13.2 Å². The van der Waals surface area contributed by atoms with Crippen LogP contribution in [-0.2, 0) is 14.3 Å². The van der Waals surface area contributed by atoms with E-state index < -0.39 is 31.1 Å². The minimum Gasteiger partial charge on any atom is -0.480 e. The van der Waals surface area contributed by atoms with Gasteiger partial charge in [-0.2, -0.15) is 11.8 Å². The summed E-state index contributed by atoms with van der Waals surface area (Å²) in [6.07, 6.45) is 2.17. The van der Waals surface area contributed by atoms with Gasteiger partial charge in [0.2, 0.25) is 0 Å². The number of imide groups is 1. The van der Waals surface area contributed by atoms with E-state index in [9.17, 15) is 14.4 Å². The molecule has 1 saturated heterocycles. The topological polar surface area (TPSA) is 105 Å². The molecule has 1 heterocycles. The first-order valence-electron chi connectivity index (χ1n) is 5.92. The molecule has 8 heteroatoms. The third-order valence-electron chi connectivity index (χ3n) is 2.64. The zero-order valence-corrected chi connectivity index (χ0v) is 11.5. The lowest BCUT2D eigenvalue weighted by molar-refractivity contribution is -0.143. The molecule has 0 aliphatic carbocycles. The van der Waals surface area contributed by atoms with Crippen molar-refractivity contribution >= 4 is 29.7 Å². The van der Waals surface area contributed by atoms with Crippen molar-refractivity contribution in [3.63, 3.8) is 0 Å². The molecule has 0 saturated carbocycles. The Labute approximate surface area is 115 Å². The number of carboxylic acids is 1. The highest BCUT2D eigenvalue weighted by Gasteiger charge is 2.29. The Morgan fingerprint density at radius 2 is 2.11 bits per heavy atom. The Kier molecular flexibility index (Phi) is 6.10. The number of carbonyl (C=O) groups excluding carboxylic acids is 2. The number of amides is 3. The predicted molar refractivity (Wildman–Crippen MR) is 70.1 cm³/mol. The first kappa shape index (κ1) is 15.8. The van der Waals surface area contributed by atoms with Crippen LogP contribution in [0.5, 0.6) is 0 Å². The molecular weight excluding hydrogens is 272 g/mol. The lowest BCUT2D eigenvalue weighted by Gasteiger charge is -2.22. The molecule has 1 unspecified atom stereocenters. The number of thioether (sulfide) groups is 1. The first-order valence-corrected chi connectivity index (χ1v) is 6.91. The van der Waals surface area contributed by atoms with E-state index in [0.717, 1.165) is 18.6 Å². The average Bonchev–Trinajstić information content (AvgIpc) is 2.74. The quantitative estimate of drug-likeness (QED) is 0.645. The summed E-state index contributed by atoms with van der Waals surface area (Å²) in [7, 11) is 0. The molecule has 0 aromatic heterocycles. The number of aliphatic carboxylic acids is 1. The van der Waals surface area contributed by atoms with Crippen molar-refractivity contribution in [2.75, 3.05) is 25.5 Å². The second kappa shape index (κ2) is 7.34. The molecule has 3 N–H and O–H groups in total. The molecule has 0 aromatic rings. The maximum absolute atomic E-state index is 11.4. The molecule has 0 radical (unpaired) electrons. The van der Waals surface area contributed by atoms with Crippen LogP contribution >= 0.6 is 11.8 Å². The first-order chi connectivity index (χ1) is 8.91. The van der Waals surface area contributed by atoms with E-state index in [0.29, 0.717) is 6.54 Å². The fourth-order valence-corrected chi connectivity index (χ4v) is 2.93. The van der Waals surface area contributed by atoms with Crippen LogP contribution in [0, 0.1) is 0 Å². The SMILES string of the molecule is CC1(CNC(=O)NC(=O)COCC(=O)O)CCCS1. The smallest absolute Gasteiger partial charge is 0.329 e. The van der Waals surface area contributed by atoms with Gasteiger partial charge in [-0.3, -0.25) is 10.1 Å². The van der Waals surface area contributed by atoms with E-state index in [2.05, 4.69) is 22.3 Å². The Hall–Kier alpha value is -1.28. The number of rotatable bonds is 6. The van der Waals surface area contributed by atoms with Crippen LogP contribution in [0.15, 0.2) is 0 Å². The maximum Gasteiger partial charge on any atom is 0.329 e. The number of hydrogen-bond donors (Lipinski definition) is 3. The number of hydrogen-bond acceptors (Lipinski definition) is 5. The van der Waals surface area contributed by atoms with E-state index in [1.165, 1.54) is 0 Å². The van der Waals surface area contributed by atoms with Crippen molar-refractivity contribution in [2.24, 2.45) is 0 Å². The standard InChI is InChI=1S/C11H18N2O5S/c1-11(3-2-4-19-11)7-12-10(17)13-8(14)5-18-6-9(15)16/h2-7H2,1H3,(H,15,16)(H2,12,13,14,17). The minimum absolute atomic E-state index is 0.0280. The van der Waals surface area contributed by atoms with Crippen molar-refractivity contribution in [1.29, 1.82) is 0 Å². The van der Waals surface area contributed by atoms with E-state index in [-0.39, 0.29) is 4.75 Å². The fourth-order valence-electron chi connectivity index (χ4n) is 1.68. The minimum atomic E-state index is -1.16. The highest BCUT2D eigenvalue weighted by atomic mass is 32.2. The molecular formula is C11H18N2O5S. The highest BCUT2D eigenvalue weighted by molar-refractivity contribution is 8.00. The maximum atomic E-state index is 11.4. The second-order valence-corrected chi connectivity index (χ2v) is 6.20. The zero-order valence-electron chi connectivity index (χ0n) is 10.7. The average molecular weight is 290 g/mol. The summed E-state index contributed by atoms with van der Waals surface area (Å²) in [5.41, 5.74) is 0. The number of carbonyl (C=O) groups is 3. The molecule has 19 heavy (non-hydrogen) atoms. The van der Waals surface area contributed by atoms with Gasteiger partial charge in [-0.15, -0.1) is 0 Å². The summed E-state index contributed by atoms with van der Waals surface area (Å²) in [5, 5.41) is 13.0. The molecule has 0 spiro atoms. The van der Waals surface area contributed by atoms with Crippen molar-refractivity contribution in [1.82, 2.24) is 10.6 Å². The summed E-state index contributed by atoms with van der Waals surface area (Å²) < 4.78 is 4.59. The number of ether oxygens (including phenoxy) is 1. The summed E-state index contributed by atoms with van der Waals surface area (Å²) in [6, 6.07) is -0.586. The van der Waals surface area contributed by atoms with E-state index in [1.807, 2.05) is 0 Å². The molecule has 1 atom stereocenters. The summed E-state index contributed by atoms with van der Waals surface area (Å²) >= 11 is 1.81. The summed E-state index contributed by atoms with van der Waals surface area (Å²) in [4.78, 5) is 32.8. The van der Waals surface area contributed by atoms with Gasteiger partial charge in [0.05, 0.1) is 0 Å². The molecule has 0 bridgehead atoms. The third kappa shape index (κ3) is 6.44. The van der Waals surface area contributed by atoms with Crippen molar-refractivity contribution in [3.8, 4) is 0 Å². The van der Waals surface area contributed by atoms with Gasteiger partial charge >= 0.3 is 12.0 Å². The van der Waals surface area contributed by atoms with Gasteiger partial charge in [-0.05, 0) is 25.5 Å². The van der Waals surface area contributed by atoms with Gasteiger partial charge in [-0.25, -0.2) is 9.59 Å². The van der Waals surface area contributed by atoms with Crippen LogP contribution in [0.1, 0.15) is 19.8 Å². The Balaban J connectivity index is 2.16. The molecule has 108 valence electrons. The van der Waals surface area contributed by atoms with Crippen LogP contribution in [-0.4, -0.2) is 53.3 Å². The summed E-state index contributed by atoms with van der Waals surface area (Å²) in [6.45, 7) is 1.55. The lowest BCUT2D eigenvalue weighted by atomic mass is 10.1. The Bertz CT molecular complexity index is 355. The Morgan fingerprint density at radius 1 is 1.37 bits per heavy atom. The monoisotopic (exact) mass is 290 g/mol. The number of carboxylic acid groups (broad SMARTS) is 1. The number of urea groups is 1. The lowest BCUT2D eigenvalue weighted by Crippen LogP contribution is -2.45. The third-order valence-corrected chi connectivity index (χ3v) is 4.17. The normalized spacial score (nSPS) is 21.9. The van der Waals surface area contributed by atoms with Crippen LogP contribution in [0.3, 0.4) is 0 Å². The fraction of sp³-hybridized carbons (Fsp3) is 0.727. The van der Waals surface area contributed by atoms with Gasteiger partial charge < -0.3 is 15.2 Å². The molecule has 1 aliphatic rings. The second-order valence-electron chi connectivity index (χ2n) is 4.52. The van der Waals surface area contributed by atoms with Crippen LogP contribution < -0.4 is 10.6 Å². The molecule has 7 nitrogen and oxygen atoms in total. The highest BCUT2D eigenvalue weighted by Crippen LogP contribution is 2.36. The van der Waals surface area contributed by atoms with Gasteiger partial charge in [0.15, 0.2) is 0 Å². The molecule has 1 rings (SSSR count). The van der Waals surface area contributed by atoms with Crippen molar-refractivity contribution in [3.05, 3.63) is 0 Å². The zero-order chi connectivity index (χ0) is 14.3. The van der Waals surface area contributed by atoms with Gasteiger partial charge in [-0.1, -0.05) is 0 Å². The Morgan fingerprint density at radius 3 is 2.68 bits per heavy atom. The van der Waals surface area contributed by atoms with E-state index in [1.54, 1.807) is 11.8 Å². The van der Waals surface area contributed by atoms with Crippen LogP contribution in [0.2, 0.25) is 0 Å².